The number of hydrogen-bond acceptors (Lipinski definition) is 8. The van der Waals surface area contributed by atoms with Gasteiger partial charge in [-0.2, -0.15) is 4.68 Å². The number of sulfone groups is 1. The van der Waals surface area contributed by atoms with Crippen LogP contribution in [0.4, 0.5) is 0 Å². The SMILES string of the molecule is O=C[C@]1(C(=O)n2ccnn2)[C@H](C(=O)O)N2C(=O)C[C@H]2S1(=O)=O. The molecule has 0 aliphatic carbocycles. The van der Waals surface area contributed by atoms with Gasteiger partial charge >= 0.3 is 5.97 Å². The maximum Gasteiger partial charge on any atom is 0.329 e. The first kappa shape index (κ1) is 14.3. The lowest BCUT2D eigenvalue weighted by molar-refractivity contribution is -0.157. The molecule has 2 saturated heterocycles. The van der Waals surface area contributed by atoms with Crippen molar-refractivity contribution in [2.75, 3.05) is 0 Å². The van der Waals surface area contributed by atoms with Gasteiger partial charge in [0, 0.05) is 0 Å². The van der Waals surface area contributed by atoms with Crippen molar-refractivity contribution >= 4 is 33.9 Å². The van der Waals surface area contributed by atoms with Gasteiger partial charge in [0.05, 0.1) is 18.8 Å². The van der Waals surface area contributed by atoms with Crippen LogP contribution < -0.4 is 0 Å². The summed E-state index contributed by atoms with van der Waals surface area (Å²) in [6.07, 6.45) is 1.34. The van der Waals surface area contributed by atoms with E-state index in [0.29, 0.717) is 9.58 Å². The molecule has 3 atom stereocenters. The number of fused-ring (bicyclic) bond motifs is 1. The molecular formula is C10H8N4O7S. The van der Waals surface area contributed by atoms with Crippen molar-refractivity contribution in [1.82, 2.24) is 19.9 Å². The first-order valence-corrected chi connectivity index (χ1v) is 7.48. The Hall–Kier alpha value is -2.63. The van der Waals surface area contributed by atoms with Crippen molar-refractivity contribution in [2.45, 2.75) is 22.6 Å². The second kappa shape index (κ2) is 4.19. The van der Waals surface area contributed by atoms with Crippen LogP contribution in [-0.4, -0.2) is 73.7 Å². The first-order valence-electron chi connectivity index (χ1n) is 5.94. The lowest BCUT2D eigenvalue weighted by atomic mass is 9.95. The summed E-state index contributed by atoms with van der Waals surface area (Å²) in [5.74, 6) is -3.90. The smallest absolute Gasteiger partial charge is 0.329 e. The van der Waals surface area contributed by atoms with Crippen LogP contribution in [0, 0.1) is 0 Å². The van der Waals surface area contributed by atoms with Gasteiger partial charge in [-0.1, -0.05) is 5.21 Å². The summed E-state index contributed by atoms with van der Waals surface area (Å²) >= 11 is 0. The zero-order valence-corrected chi connectivity index (χ0v) is 11.5. The normalized spacial score (nSPS) is 32.2. The number of hydrogen-bond donors (Lipinski definition) is 1. The van der Waals surface area contributed by atoms with E-state index in [1.807, 2.05) is 0 Å². The maximum atomic E-state index is 12.5. The average molecular weight is 328 g/mol. The molecule has 0 bridgehead atoms. The van der Waals surface area contributed by atoms with Gasteiger partial charge in [-0.25, -0.2) is 13.2 Å². The number of aldehydes is 1. The van der Waals surface area contributed by atoms with E-state index >= 15 is 0 Å². The van der Waals surface area contributed by atoms with E-state index in [1.54, 1.807) is 0 Å². The van der Waals surface area contributed by atoms with Crippen molar-refractivity contribution in [1.29, 1.82) is 0 Å². The highest BCUT2D eigenvalue weighted by molar-refractivity contribution is 7.95. The Morgan fingerprint density at radius 2 is 2.14 bits per heavy atom. The van der Waals surface area contributed by atoms with Crippen molar-refractivity contribution in [3.63, 3.8) is 0 Å². The topological polar surface area (TPSA) is 157 Å². The Kier molecular flexibility index (Phi) is 2.73. The third-order valence-electron chi connectivity index (χ3n) is 3.83. The minimum atomic E-state index is -4.57. The predicted molar refractivity (Wildman–Crippen MR) is 65.0 cm³/mol. The molecule has 22 heavy (non-hydrogen) atoms. The Morgan fingerprint density at radius 3 is 2.59 bits per heavy atom. The van der Waals surface area contributed by atoms with Crippen molar-refractivity contribution in [3.8, 4) is 0 Å². The molecule has 1 aromatic heterocycles. The lowest BCUT2D eigenvalue weighted by Crippen LogP contribution is -2.61. The molecule has 11 nitrogen and oxygen atoms in total. The van der Waals surface area contributed by atoms with Crippen molar-refractivity contribution in [3.05, 3.63) is 12.4 Å². The molecule has 0 unspecified atom stereocenters. The van der Waals surface area contributed by atoms with Gasteiger partial charge in [0.15, 0.2) is 22.2 Å². The first-order chi connectivity index (χ1) is 10.3. The quantitative estimate of drug-likeness (QED) is 0.354. The van der Waals surface area contributed by atoms with Crippen LogP contribution in [0.15, 0.2) is 12.4 Å². The number of aliphatic carboxylic acids is 1. The molecule has 1 aromatic rings. The van der Waals surface area contributed by atoms with E-state index in [0.717, 1.165) is 12.4 Å². The minimum Gasteiger partial charge on any atom is -0.480 e. The number of carbonyl (C=O) groups excluding carboxylic acids is 3. The monoisotopic (exact) mass is 328 g/mol. The second-order valence-corrected chi connectivity index (χ2v) is 7.12. The largest absolute Gasteiger partial charge is 0.480 e. The van der Waals surface area contributed by atoms with Crippen LogP contribution in [0.3, 0.4) is 0 Å². The number of carboxylic acid groups (broad SMARTS) is 1. The molecule has 2 aliphatic heterocycles. The summed E-state index contributed by atoms with van der Waals surface area (Å²) in [5.41, 5.74) is 0. The molecule has 1 N–H and O–H groups in total. The van der Waals surface area contributed by atoms with Crippen LogP contribution in [0.5, 0.6) is 0 Å². The zero-order valence-electron chi connectivity index (χ0n) is 10.7. The summed E-state index contributed by atoms with van der Waals surface area (Å²) in [4.78, 5) is 47.6. The van der Waals surface area contributed by atoms with Gasteiger partial charge in [0.25, 0.3) is 5.91 Å². The lowest BCUT2D eigenvalue weighted by Gasteiger charge is -2.35. The summed E-state index contributed by atoms with van der Waals surface area (Å²) in [7, 11) is -4.57. The van der Waals surface area contributed by atoms with Gasteiger partial charge in [-0.05, 0) is 0 Å². The van der Waals surface area contributed by atoms with Gasteiger partial charge in [0.1, 0.15) is 5.37 Å². The maximum absolute atomic E-state index is 12.5. The third kappa shape index (κ3) is 1.37. The molecule has 0 spiro atoms. The molecule has 1 amide bonds. The van der Waals surface area contributed by atoms with E-state index in [4.69, 9.17) is 0 Å². The molecular weight excluding hydrogens is 320 g/mol. The van der Waals surface area contributed by atoms with Crippen LogP contribution in [0.2, 0.25) is 0 Å². The standard InChI is InChI=1S/C10H8N4O7S/c15-4-10(9(19)13-2-1-11-12-13)7(8(17)18)14-5(16)3-6(14)22(10,20)21/h1-2,4,6-7H,3H2,(H,17,18)/t6-,7+,10-/m1/s1. The fourth-order valence-electron chi connectivity index (χ4n) is 2.78. The highest BCUT2D eigenvalue weighted by Gasteiger charge is 2.76. The number of rotatable bonds is 3. The van der Waals surface area contributed by atoms with E-state index in [2.05, 4.69) is 10.3 Å². The van der Waals surface area contributed by atoms with Gasteiger partial charge in [0.2, 0.25) is 10.7 Å². The van der Waals surface area contributed by atoms with Gasteiger partial charge < -0.3 is 14.8 Å². The number of aromatic nitrogens is 3. The molecule has 0 radical (unpaired) electrons. The Labute approximate surface area is 122 Å². The number of amides is 1. The molecule has 3 rings (SSSR count). The molecule has 3 heterocycles. The Balaban J connectivity index is 2.27. The Bertz CT molecular complexity index is 801. The van der Waals surface area contributed by atoms with Crippen LogP contribution in [0.25, 0.3) is 0 Å². The number of carbonyl (C=O) groups is 4. The van der Waals surface area contributed by atoms with Crippen LogP contribution in [0.1, 0.15) is 11.2 Å². The number of nitrogens with zero attached hydrogens (tertiary/aromatic N) is 4. The van der Waals surface area contributed by atoms with Crippen LogP contribution >= 0.6 is 0 Å². The zero-order chi connectivity index (χ0) is 16.3. The van der Waals surface area contributed by atoms with E-state index in [9.17, 15) is 32.7 Å². The summed E-state index contributed by atoms with van der Waals surface area (Å²) < 4.78 is 22.6. The second-order valence-electron chi connectivity index (χ2n) is 4.81. The molecule has 2 fully saturated rings. The fourth-order valence-corrected chi connectivity index (χ4v) is 5.12. The molecule has 0 saturated carbocycles. The minimum absolute atomic E-state index is 0.239. The number of β-lactam (4-membered cyclic amide) rings is 1. The summed E-state index contributed by atoms with van der Waals surface area (Å²) in [6.45, 7) is 0. The predicted octanol–water partition coefficient (Wildman–Crippen LogP) is -2.70. The van der Waals surface area contributed by atoms with E-state index < -0.39 is 50.2 Å². The van der Waals surface area contributed by atoms with E-state index in [-0.39, 0.29) is 6.29 Å². The molecule has 116 valence electrons. The fraction of sp³-hybridized carbons (Fsp3) is 0.400. The highest BCUT2D eigenvalue weighted by atomic mass is 32.2. The number of carboxylic acids is 1. The van der Waals surface area contributed by atoms with Gasteiger partial charge in [-0.3, -0.25) is 9.59 Å². The van der Waals surface area contributed by atoms with Crippen molar-refractivity contribution < 1.29 is 32.7 Å². The molecule has 0 aromatic carbocycles. The summed E-state index contributed by atoms with van der Waals surface area (Å²) in [5, 5.41) is 14.4. The van der Waals surface area contributed by atoms with Gasteiger partial charge in [-0.15, -0.1) is 5.10 Å². The molecule has 12 heteroatoms. The summed E-state index contributed by atoms with van der Waals surface area (Å²) in [6, 6.07) is -2.13. The third-order valence-corrected chi connectivity index (χ3v) is 6.38. The molecule has 2 aliphatic rings. The van der Waals surface area contributed by atoms with Crippen LogP contribution in [-0.2, 0) is 24.2 Å². The van der Waals surface area contributed by atoms with Crippen molar-refractivity contribution in [2.24, 2.45) is 0 Å². The average Bonchev–Trinajstić information content (AvgIpc) is 3.01. The highest BCUT2D eigenvalue weighted by Crippen LogP contribution is 2.45. The van der Waals surface area contributed by atoms with E-state index in [1.165, 1.54) is 0 Å². The Morgan fingerprint density at radius 1 is 1.45 bits per heavy atom.